The van der Waals surface area contributed by atoms with Gasteiger partial charge in [-0.05, 0) is 0 Å². The van der Waals surface area contributed by atoms with E-state index in [4.69, 9.17) is 10.5 Å². The molecule has 0 saturated carbocycles. The van der Waals surface area contributed by atoms with Crippen molar-refractivity contribution in [2.75, 3.05) is 7.05 Å². The largest absolute Gasteiger partial charge is 0.262 e. The number of hydrogen-bond acceptors (Lipinski definition) is 5. The molecule has 0 aromatic rings. The van der Waals surface area contributed by atoms with Gasteiger partial charge in [0.2, 0.25) is 6.17 Å². The summed E-state index contributed by atoms with van der Waals surface area (Å²) in [7, 11) is 1.64. The second-order valence-electron chi connectivity index (χ2n) is 1.81. The van der Waals surface area contributed by atoms with Crippen LogP contribution >= 0.6 is 0 Å². The minimum absolute atomic E-state index is 0.565. The maximum Gasteiger partial charge on any atom is 0.220 e. The Morgan fingerprint density at radius 1 is 1.60 bits per heavy atom. The third kappa shape index (κ3) is 0.741. The van der Waals surface area contributed by atoms with Crippen LogP contribution in [0.3, 0.4) is 0 Å². The van der Waals surface area contributed by atoms with Gasteiger partial charge in [0, 0.05) is 7.05 Å². The molecule has 0 N–H and O–H groups in total. The summed E-state index contributed by atoms with van der Waals surface area (Å²) in [6.45, 7) is 0. The van der Waals surface area contributed by atoms with Crippen molar-refractivity contribution >= 4 is 6.34 Å². The van der Waals surface area contributed by atoms with E-state index in [1.54, 1.807) is 7.05 Å². The van der Waals surface area contributed by atoms with Crippen LogP contribution in [0.25, 0.3) is 0 Å². The Bertz CT molecular complexity index is 231. The molecule has 1 aliphatic rings. The molecule has 1 unspecified atom stereocenters. The topological polar surface area (TPSA) is 66.4 Å². The zero-order valence-corrected chi connectivity index (χ0v) is 5.39. The Morgan fingerprint density at radius 2 is 2.30 bits per heavy atom. The van der Waals surface area contributed by atoms with Crippen LogP contribution < -0.4 is 0 Å². The van der Waals surface area contributed by atoms with Crippen molar-refractivity contribution in [2.45, 2.75) is 6.17 Å². The molecule has 10 heavy (non-hydrogen) atoms. The van der Waals surface area contributed by atoms with E-state index in [1.807, 2.05) is 12.3 Å². The molecule has 0 aliphatic carbocycles. The molecule has 50 valence electrons. The van der Waals surface area contributed by atoms with Gasteiger partial charge in [-0.2, -0.15) is 15.6 Å². The van der Waals surface area contributed by atoms with E-state index in [0.717, 1.165) is 0 Å². The lowest BCUT2D eigenvalue weighted by atomic mass is 10.5. The molecule has 0 bridgehead atoms. The summed E-state index contributed by atoms with van der Waals surface area (Å²) in [5.41, 5.74) is 0. The van der Waals surface area contributed by atoms with Gasteiger partial charge in [-0.3, -0.25) is 5.01 Å². The number of nitrogens with zero attached hydrogens (tertiary/aromatic N) is 5. The van der Waals surface area contributed by atoms with E-state index in [2.05, 4.69) is 5.10 Å². The van der Waals surface area contributed by atoms with Crippen molar-refractivity contribution in [3.63, 3.8) is 0 Å². The number of hydrazone groups is 1. The molecule has 5 nitrogen and oxygen atoms in total. The molecule has 0 fully saturated rings. The SMILES string of the molecule is CN1N=CN(C#N)C1C#N. The van der Waals surface area contributed by atoms with Crippen LogP contribution in [0.2, 0.25) is 0 Å². The van der Waals surface area contributed by atoms with E-state index >= 15 is 0 Å². The highest BCUT2D eigenvalue weighted by molar-refractivity contribution is 5.60. The zero-order chi connectivity index (χ0) is 7.56. The Morgan fingerprint density at radius 3 is 2.70 bits per heavy atom. The summed E-state index contributed by atoms with van der Waals surface area (Å²) in [5.74, 6) is 0. The highest BCUT2D eigenvalue weighted by atomic mass is 15.6. The van der Waals surface area contributed by atoms with Gasteiger partial charge in [0.25, 0.3) is 0 Å². The summed E-state index contributed by atoms with van der Waals surface area (Å²) in [4.78, 5) is 1.18. The molecule has 1 rings (SSSR count). The van der Waals surface area contributed by atoms with Crippen LogP contribution in [0.15, 0.2) is 5.10 Å². The molecule has 0 saturated heterocycles. The van der Waals surface area contributed by atoms with E-state index < -0.39 is 6.17 Å². The van der Waals surface area contributed by atoms with Crippen LogP contribution in [0.5, 0.6) is 0 Å². The lowest BCUT2D eigenvalue weighted by molar-refractivity contribution is 0.255. The first-order valence-electron chi connectivity index (χ1n) is 2.64. The van der Waals surface area contributed by atoms with Crippen molar-refractivity contribution in [1.29, 1.82) is 10.5 Å². The van der Waals surface area contributed by atoms with Crippen molar-refractivity contribution in [2.24, 2.45) is 5.10 Å². The van der Waals surface area contributed by atoms with Crippen molar-refractivity contribution in [3.8, 4) is 12.3 Å². The van der Waals surface area contributed by atoms with E-state index in [1.165, 1.54) is 16.2 Å². The standard InChI is InChI=1S/C5H5N5/c1-9-5(2-6)10(3-7)4-8-9/h4-5H,1H3. The molecule has 5 heteroatoms. The van der Waals surface area contributed by atoms with Gasteiger partial charge in [0.1, 0.15) is 12.4 Å². The summed E-state index contributed by atoms with van der Waals surface area (Å²) >= 11 is 0. The zero-order valence-electron chi connectivity index (χ0n) is 5.39. The van der Waals surface area contributed by atoms with E-state index in [0.29, 0.717) is 0 Å². The minimum atomic E-state index is -0.565. The molecule has 1 aliphatic heterocycles. The van der Waals surface area contributed by atoms with Crippen LogP contribution in [-0.4, -0.2) is 29.5 Å². The second-order valence-corrected chi connectivity index (χ2v) is 1.81. The molecule has 0 radical (unpaired) electrons. The van der Waals surface area contributed by atoms with Gasteiger partial charge in [0.05, 0.1) is 0 Å². The molecule has 1 heterocycles. The van der Waals surface area contributed by atoms with Crippen molar-refractivity contribution in [3.05, 3.63) is 0 Å². The lowest BCUT2D eigenvalue weighted by Gasteiger charge is -2.13. The highest BCUT2D eigenvalue weighted by Gasteiger charge is 2.23. The lowest BCUT2D eigenvalue weighted by Crippen LogP contribution is -2.33. The third-order valence-corrected chi connectivity index (χ3v) is 1.21. The highest BCUT2D eigenvalue weighted by Crippen LogP contribution is 2.06. The fraction of sp³-hybridized carbons (Fsp3) is 0.400. The summed E-state index contributed by atoms with van der Waals surface area (Å²) in [6.07, 6.45) is 2.58. The Hall–Kier alpha value is -1.75. The first-order chi connectivity index (χ1) is 4.79. The fourth-order valence-corrected chi connectivity index (χ4v) is 0.670. The van der Waals surface area contributed by atoms with Gasteiger partial charge in [-0.1, -0.05) is 0 Å². The Kier molecular flexibility index (Phi) is 1.43. The third-order valence-electron chi connectivity index (χ3n) is 1.21. The maximum atomic E-state index is 8.47. The van der Waals surface area contributed by atoms with E-state index in [-0.39, 0.29) is 0 Å². The number of rotatable bonds is 0. The Balaban J connectivity index is 2.76. The van der Waals surface area contributed by atoms with Crippen molar-refractivity contribution in [1.82, 2.24) is 9.91 Å². The number of hydrogen-bond donors (Lipinski definition) is 0. The van der Waals surface area contributed by atoms with Gasteiger partial charge < -0.3 is 0 Å². The molecule has 0 spiro atoms. The van der Waals surface area contributed by atoms with Gasteiger partial charge in [0.15, 0.2) is 6.19 Å². The van der Waals surface area contributed by atoms with E-state index in [9.17, 15) is 0 Å². The molecule has 0 aromatic carbocycles. The first kappa shape index (κ1) is 6.37. The summed E-state index contributed by atoms with van der Waals surface area (Å²) in [6, 6.07) is 1.92. The summed E-state index contributed by atoms with van der Waals surface area (Å²) in [5, 5.41) is 22.0. The predicted molar refractivity (Wildman–Crippen MR) is 33.1 cm³/mol. The molecular weight excluding hydrogens is 130 g/mol. The average molecular weight is 135 g/mol. The first-order valence-corrected chi connectivity index (χ1v) is 2.64. The van der Waals surface area contributed by atoms with Crippen LogP contribution in [0, 0.1) is 22.8 Å². The Labute approximate surface area is 58.4 Å². The maximum absolute atomic E-state index is 8.47. The number of nitriles is 2. The van der Waals surface area contributed by atoms with Crippen LogP contribution in [0.4, 0.5) is 0 Å². The second kappa shape index (κ2) is 2.24. The molecule has 0 amide bonds. The smallest absolute Gasteiger partial charge is 0.220 e. The van der Waals surface area contributed by atoms with Crippen LogP contribution in [-0.2, 0) is 0 Å². The predicted octanol–water partition coefficient (Wildman–Crippen LogP) is -0.492. The molecule has 1 atom stereocenters. The van der Waals surface area contributed by atoms with Gasteiger partial charge in [-0.15, -0.1) is 0 Å². The average Bonchev–Trinajstić information content (AvgIpc) is 2.30. The van der Waals surface area contributed by atoms with Crippen molar-refractivity contribution < 1.29 is 0 Å². The fourth-order valence-electron chi connectivity index (χ4n) is 0.670. The quantitative estimate of drug-likeness (QED) is 0.420. The van der Waals surface area contributed by atoms with Gasteiger partial charge >= 0.3 is 0 Å². The monoisotopic (exact) mass is 135 g/mol. The normalized spacial score (nSPS) is 22.5. The van der Waals surface area contributed by atoms with Gasteiger partial charge in [-0.25, -0.2) is 4.90 Å². The molecule has 0 aromatic heterocycles. The molecular formula is C5H5N5. The summed E-state index contributed by atoms with van der Waals surface area (Å²) < 4.78 is 0. The van der Waals surface area contributed by atoms with Crippen LogP contribution in [0.1, 0.15) is 0 Å². The minimum Gasteiger partial charge on any atom is -0.262 e.